The predicted molar refractivity (Wildman–Crippen MR) is 118 cm³/mol. The van der Waals surface area contributed by atoms with Crippen molar-refractivity contribution in [2.45, 2.75) is 0 Å². The quantitative estimate of drug-likeness (QED) is 0.435. The Hall–Kier alpha value is -3.58. The number of amides is 1. The molecule has 2 N–H and O–H groups in total. The highest BCUT2D eigenvalue weighted by Crippen LogP contribution is 2.31. The zero-order valence-electron chi connectivity index (χ0n) is 15.6. The van der Waals surface area contributed by atoms with E-state index in [1.165, 1.54) is 18.2 Å². The molecule has 0 saturated heterocycles. The summed E-state index contributed by atoms with van der Waals surface area (Å²) in [6, 6.07) is 20.5. The Morgan fingerprint density at radius 2 is 1.77 bits per heavy atom. The molecule has 30 heavy (non-hydrogen) atoms. The van der Waals surface area contributed by atoms with Crippen molar-refractivity contribution >= 4 is 38.5 Å². The molecule has 0 aliphatic rings. The Labute approximate surface area is 179 Å². The van der Waals surface area contributed by atoms with Gasteiger partial charge in [-0.3, -0.25) is 9.59 Å². The van der Waals surface area contributed by atoms with Crippen LogP contribution >= 0.6 is 15.9 Å². The smallest absolute Gasteiger partial charge is 0.262 e. The number of carbonyl (C=O) groups excluding carboxylic acids is 1. The molecule has 4 rings (SSSR count). The van der Waals surface area contributed by atoms with Crippen molar-refractivity contribution in [3.63, 3.8) is 0 Å². The van der Waals surface area contributed by atoms with Gasteiger partial charge in [0.2, 0.25) is 0 Å². The van der Waals surface area contributed by atoms with Crippen LogP contribution in [0.25, 0.3) is 22.3 Å². The maximum Gasteiger partial charge on any atom is 0.262 e. The lowest BCUT2D eigenvalue weighted by molar-refractivity contribution is -0.118. The van der Waals surface area contributed by atoms with Crippen LogP contribution in [0, 0.1) is 0 Å². The van der Waals surface area contributed by atoms with Crippen molar-refractivity contribution in [3.05, 3.63) is 87.5 Å². The van der Waals surface area contributed by atoms with Crippen molar-refractivity contribution in [2.75, 3.05) is 11.9 Å². The van der Waals surface area contributed by atoms with Crippen LogP contribution in [0.2, 0.25) is 0 Å². The van der Waals surface area contributed by atoms with E-state index < -0.39 is 0 Å². The molecular weight excluding hydrogens is 450 g/mol. The number of aromatic hydroxyl groups is 1. The summed E-state index contributed by atoms with van der Waals surface area (Å²) in [5.41, 5.74) is 1.15. The van der Waals surface area contributed by atoms with Gasteiger partial charge < -0.3 is 19.6 Å². The summed E-state index contributed by atoms with van der Waals surface area (Å²) in [4.78, 5) is 24.7. The number of hydrogen-bond acceptors (Lipinski definition) is 5. The van der Waals surface area contributed by atoms with E-state index in [1.807, 2.05) is 42.5 Å². The van der Waals surface area contributed by atoms with Crippen LogP contribution in [0.3, 0.4) is 0 Å². The number of halogens is 1. The number of hydrogen-bond donors (Lipinski definition) is 2. The molecular formula is C23H16BrNO5. The van der Waals surface area contributed by atoms with E-state index in [0.29, 0.717) is 11.4 Å². The maximum atomic E-state index is 12.5. The average molecular weight is 466 g/mol. The van der Waals surface area contributed by atoms with Crippen LogP contribution in [0.15, 0.2) is 86.5 Å². The number of nitrogens with one attached hydrogen (secondary N) is 1. The molecule has 0 fully saturated rings. The minimum absolute atomic E-state index is 0.0553. The summed E-state index contributed by atoms with van der Waals surface area (Å²) < 4.78 is 12.1. The predicted octanol–water partition coefficient (Wildman–Crippen LogP) is 4.95. The Kier molecular flexibility index (Phi) is 5.54. The van der Waals surface area contributed by atoms with Crippen LogP contribution in [0.1, 0.15) is 0 Å². The van der Waals surface area contributed by atoms with Crippen LogP contribution < -0.4 is 15.5 Å². The summed E-state index contributed by atoms with van der Waals surface area (Å²) >= 11 is 3.36. The summed E-state index contributed by atoms with van der Waals surface area (Å²) in [6.45, 7) is -0.283. The van der Waals surface area contributed by atoms with Crippen molar-refractivity contribution in [2.24, 2.45) is 0 Å². The number of carbonyl (C=O) groups is 1. The molecule has 0 aliphatic heterocycles. The standard InChI is InChI=1S/C23H16BrNO5/c24-16-8-4-5-9-17(16)25-22(28)13-29-15-10-18(26)23-19(27)12-20(30-21(23)11-15)14-6-2-1-3-7-14/h1-12,26H,13H2,(H,25,28). The second-order valence-electron chi connectivity index (χ2n) is 6.47. The number of fused-ring (bicyclic) bond motifs is 1. The number of benzene rings is 3. The van der Waals surface area contributed by atoms with Gasteiger partial charge in [0.05, 0.1) is 5.69 Å². The number of phenolic OH excluding ortho intramolecular Hbond substituents is 1. The molecule has 7 heteroatoms. The molecule has 6 nitrogen and oxygen atoms in total. The van der Waals surface area contributed by atoms with Gasteiger partial charge in [-0.2, -0.15) is 0 Å². The topological polar surface area (TPSA) is 88.8 Å². The third-order valence-electron chi connectivity index (χ3n) is 4.36. The number of phenols is 1. The average Bonchev–Trinajstić information content (AvgIpc) is 2.74. The monoisotopic (exact) mass is 465 g/mol. The summed E-state index contributed by atoms with van der Waals surface area (Å²) in [6.07, 6.45) is 0. The van der Waals surface area contributed by atoms with E-state index in [1.54, 1.807) is 12.1 Å². The normalized spacial score (nSPS) is 10.7. The number of anilines is 1. The minimum atomic E-state index is -0.374. The van der Waals surface area contributed by atoms with Gasteiger partial charge in [-0.15, -0.1) is 0 Å². The molecule has 150 valence electrons. The SMILES string of the molecule is O=C(COc1cc(O)c2c(=O)cc(-c3ccccc3)oc2c1)Nc1ccccc1Br. The Morgan fingerprint density at radius 3 is 2.53 bits per heavy atom. The fourth-order valence-corrected chi connectivity index (χ4v) is 3.35. The van der Waals surface area contributed by atoms with Gasteiger partial charge in [-0.25, -0.2) is 0 Å². The van der Waals surface area contributed by atoms with E-state index in [0.717, 1.165) is 10.0 Å². The molecule has 0 bridgehead atoms. The van der Waals surface area contributed by atoms with Gasteiger partial charge in [0.25, 0.3) is 5.91 Å². The second kappa shape index (κ2) is 8.42. The van der Waals surface area contributed by atoms with Gasteiger partial charge in [0.15, 0.2) is 12.0 Å². The molecule has 1 heterocycles. The second-order valence-corrected chi connectivity index (χ2v) is 7.33. The molecule has 3 aromatic carbocycles. The first-order chi connectivity index (χ1) is 14.5. The first kappa shape index (κ1) is 19.7. The van der Waals surface area contributed by atoms with Crippen LogP contribution in [-0.2, 0) is 4.79 Å². The molecule has 0 radical (unpaired) electrons. The van der Waals surface area contributed by atoms with Gasteiger partial charge in [-0.05, 0) is 28.1 Å². The van der Waals surface area contributed by atoms with Crippen LogP contribution in [0.5, 0.6) is 11.5 Å². The molecule has 1 aromatic heterocycles. The van der Waals surface area contributed by atoms with Crippen molar-refractivity contribution < 1.29 is 19.1 Å². The van der Waals surface area contributed by atoms with Crippen LogP contribution in [-0.4, -0.2) is 17.6 Å². The molecule has 1 amide bonds. The van der Waals surface area contributed by atoms with Gasteiger partial charge in [-0.1, -0.05) is 42.5 Å². The van der Waals surface area contributed by atoms with Gasteiger partial charge >= 0.3 is 0 Å². The van der Waals surface area contributed by atoms with E-state index in [-0.39, 0.29) is 40.4 Å². The molecule has 0 aliphatic carbocycles. The Bertz CT molecular complexity index is 1280. The fourth-order valence-electron chi connectivity index (χ4n) is 2.97. The van der Waals surface area contributed by atoms with Crippen molar-refractivity contribution in [1.29, 1.82) is 0 Å². The highest BCUT2D eigenvalue weighted by Gasteiger charge is 2.14. The first-order valence-corrected chi connectivity index (χ1v) is 9.84. The summed E-state index contributed by atoms with van der Waals surface area (Å²) in [5.74, 6) is -0.0741. The lowest BCUT2D eigenvalue weighted by Crippen LogP contribution is -2.20. The molecule has 0 atom stereocenters. The van der Waals surface area contributed by atoms with Crippen molar-refractivity contribution in [1.82, 2.24) is 0 Å². The molecule has 0 spiro atoms. The summed E-state index contributed by atoms with van der Waals surface area (Å²) in [7, 11) is 0. The Balaban J connectivity index is 1.58. The fraction of sp³-hybridized carbons (Fsp3) is 0.0435. The van der Waals surface area contributed by atoms with Gasteiger partial charge in [0.1, 0.15) is 28.2 Å². The van der Waals surface area contributed by atoms with Crippen LogP contribution in [0.4, 0.5) is 5.69 Å². The number of para-hydroxylation sites is 1. The highest BCUT2D eigenvalue weighted by molar-refractivity contribution is 9.10. The third kappa shape index (κ3) is 4.21. The lowest BCUT2D eigenvalue weighted by atomic mass is 10.1. The van der Waals surface area contributed by atoms with E-state index >= 15 is 0 Å². The minimum Gasteiger partial charge on any atom is -0.507 e. The zero-order valence-corrected chi connectivity index (χ0v) is 17.2. The first-order valence-electron chi connectivity index (χ1n) is 9.05. The number of rotatable bonds is 5. The third-order valence-corrected chi connectivity index (χ3v) is 5.05. The molecule has 0 saturated carbocycles. The number of ether oxygens (including phenoxy) is 1. The Morgan fingerprint density at radius 1 is 1.03 bits per heavy atom. The molecule has 0 unspecified atom stereocenters. The van der Waals surface area contributed by atoms with Crippen molar-refractivity contribution in [3.8, 4) is 22.8 Å². The largest absolute Gasteiger partial charge is 0.507 e. The van der Waals surface area contributed by atoms with E-state index in [9.17, 15) is 14.7 Å². The maximum absolute atomic E-state index is 12.5. The molecule has 4 aromatic rings. The summed E-state index contributed by atoms with van der Waals surface area (Å²) in [5, 5.41) is 13.1. The van der Waals surface area contributed by atoms with Gasteiger partial charge in [0, 0.05) is 28.2 Å². The zero-order chi connectivity index (χ0) is 21.1. The van der Waals surface area contributed by atoms with E-state index in [2.05, 4.69) is 21.2 Å². The van der Waals surface area contributed by atoms with E-state index in [4.69, 9.17) is 9.15 Å². The lowest BCUT2D eigenvalue weighted by Gasteiger charge is -2.10. The highest BCUT2D eigenvalue weighted by atomic mass is 79.9.